The molecule has 1 N–H and O–H groups in total. The molecule has 2 atom stereocenters. The molecule has 0 bridgehead atoms. The maximum absolute atomic E-state index is 10.8. The zero-order valence-corrected chi connectivity index (χ0v) is 14.5. The van der Waals surface area contributed by atoms with Crippen LogP contribution in [0.1, 0.15) is 25.7 Å². The summed E-state index contributed by atoms with van der Waals surface area (Å²) in [6, 6.07) is 7.18. The molecular formula is C18H27N3O4. The van der Waals surface area contributed by atoms with Gasteiger partial charge in [0.25, 0.3) is 5.69 Å². The number of benzene rings is 1. The summed E-state index contributed by atoms with van der Waals surface area (Å²) in [4.78, 5) is 15.3. The first-order chi connectivity index (χ1) is 12.2. The zero-order chi connectivity index (χ0) is 17.6. The van der Waals surface area contributed by atoms with Gasteiger partial charge in [0.15, 0.2) is 0 Å². The predicted molar refractivity (Wildman–Crippen MR) is 94.9 cm³/mol. The minimum Gasteiger partial charge on any atom is -0.492 e. The monoisotopic (exact) mass is 349 g/mol. The summed E-state index contributed by atoms with van der Waals surface area (Å²) in [6.07, 6.45) is 4.65. The summed E-state index contributed by atoms with van der Waals surface area (Å²) < 4.78 is 5.72. The molecule has 2 heterocycles. The van der Waals surface area contributed by atoms with Crippen LogP contribution in [0.2, 0.25) is 0 Å². The number of rotatable bonds is 8. The van der Waals surface area contributed by atoms with Gasteiger partial charge in [0.1, 0.15) is 12.4 Å². The first-order valence-electron chi connectivity index (χ1n) is 9.13. The van der Waals surface area contributed by atoms with Crippen LogP contribution in [-0.2, 0) is 0 Å². The Morgan fingerprint density at radius 3 is 2.72 bits per heavy atom. The highest BCUT2D eigenvalue weighted by Gasteiger charge is 2.31. The Kier molecular flexibility index (Phi) is 6.23. The number of ether oxygens (including phenoxy) is 1. The van der Waals surface area contributed by atoms with Crippen molar-refractivity contribution in [2.75, 3.05) is 39.4 Å². The van der Waals surface area contributed by atoms with Crippen LogP contribution in [0.15, 0.2) is 24.3 Å². The summed E-state index contributed by atoms with van der Waals surface area (Å²) in [5, 5.41) is 20.3. The predicted octanol–water partition coefficient (Wildman–Crippen LogP) is 1.89. The SMILES string of the molecule is O=[N+]([O-])c1cccc(OCCN2CCCC2CN2CCCC2CO)c1. The Hall–Kier alpha value is -1.70. The molecule has 2 unspecified atom stereocenters. The fourth-order valence-electron chi connectivity index (χ4n) is 3.98. The standard InChI is InChI=1S/C18H27N3O4/c22-14-17-6-3-9-20(17)13-16-5-2-8-19(16)10-11-25-18-7-1-4-15(12-18)21(23)24/h1,4,7,12,16-17,22H,2-3,5-6,8-11,13-14H2. The first kappa shape index (κ1) is 18.1. The quantitative estimate of drug-likeness (QED) is 0.570. The van der Waals surface area contributed by atoms with Gasteiger partial charge in [-0.15, -0.1) is 0 Å². The van der Waals surface area contributed by atoms with Crippen LogP contribution in [0, 0.1) is 10.1 Å². The van der Waals surface area contributed by atoms with Gasteiger partial charge in [-0.2, -0.15) is 0 Å². The molecule has 0 radical (unpaired) electrons. The number of nitrogens with zero attached hydrogens (tertiary/aromatic N) is 3. The van der Waals surface area contributed by atoms with E-state index in [9.17, 15) is 15.2 Å². The summed E-state index contributed by atoms with van der Waals surface area (Å²) >= 11 is 0. The topological polar surface area (TPSA) is 79.1 Å². The van der Waals surface area contributed by atoms with E-state index in [0.717, 1.165) is 32.6 Å². The molecule has 2 aliphatic heterocycles. The maximum atomic E-state index is 10.8. The van der Waals surface area contributed by atoms with Crippen molar-refractivity contribution in [1.29, 1.82) is 0 Å². The molecule has 25 heavy (non-hydrogen) atoms. The van der Waals surface area contributed by atoms with E-state index in [0.29, 0.717) is 24.4 Å². The molecule has 0 saturated carbocycles. The van der Waals surface area contributed by atoms with E-state index in [2.05, 4.69) is 9.80 Å². The van der Waals surface area contributed by atoms with E-state index >= 15 is 0 Å². The van der Waals surface area contributed by atoms with E-state index in [1.807, 2.05) is 0 Å². The average Bonchev–Trinajstić information content (AvgIpc) is 3.25. The third kappa shape index (κ3) is 4.68. The summed E-state index contributed by atoms with van der Waals surface area (Å²) in [5.41, 5.74) is 0.0561. The molecule has 7 nitrogen and oxygen atoms in total. The fraction of sp³-hybridized carbons (Fsp3) is 0.667. The van der Waals surface area contributed by atoms with Gasteiger partial charge >= 0.3 is 0 Å². The second-order valence-electron chi connectivity index (χ2n) is 6.91. The van der Waals surface area contributed by atoms with Crippen LogP contribution in [0.25, 0.3) is 0 Å². The number of aliphatic hydroxyl groups is 1. The lowest BCUT2D eigenvalue weighted by Crippen LogP contribution is -2.44. The molecule has 1 aromatic rings. The van der Waals surface area contributed by atoms with Gasteiger partial charge in [-0.1, -0.05) is 6.07 Å². The first-order valence-corrected chi connectivity index (χ1v) is 9.13. The number of hydrogen-bond acceptors (Lipinski definition) is 6. The molecular weight excluding hydrogens is 322 g/mol. The lowest BCUT2D eigenvalue weighted by atomic mass is 10.2. The van der Waals surface area contributed by atoms with Gasteiger partial charge in [0, 0.05) is 31.2 Å². The van der Waals surface area contributed by atoms with Crippen LogP contribution in [0.4, 0.5) is 5.69 Å². The smallest absolute Gasteiger partial charge is 0.273 e. The Morgan fingerprint density at radius 2 is 1.96 bits per heavy atom. The van der Waals surface area contributed by atoms with Gasteiger partial charge in [0.05, 0.1) is 17.6 Å². The van der Waals surface area contributed by atoms with Crippen LogP contribution >= 0.6 is 0 Å². The Balaban J connectivity index is 1.47. The van der Waals surface area contributed by atoms with Crippen molar-refractivity contribution in [2.45, 2.75) is 37.8 Å². The number of nitro benzene ring substituents is 1. The summed E-state index contributed by atoms with van der Waals surface area (Å²) in [6.45, 7) is 4.77. The van der Waals surface area contributed by atoms with Crippen LogP contribution < -0.4 is 4.74 Å². The minimum absolute atomic E-state index is 0.0561. The van der Waals surface area contributed by atoms with Crippen LogP contribution in [-0.4, -0.2) is 71.3 Å². The normalized spacial score (nSPS) is 24.7. The lowest BCUT2D eigenvalue weighted by molar-refractivity contribution is -0.384. The summed E-state index contributed by atoms with van der Waals surface area (Å²) in [5.74, 6) is 0.546. The maximum Gasteiger partial charge on any atom is 0.273 e. The van der Waals surface area contributed by atoms with Gasteiger partial charge in [0.2, 0.25) is 0 Å². The van der Waals surface area contributed by atoms with E-state index in [4.69, 9.17) is 4.74 Å². The van der Waals surface area contributed by atoms with Crippen LogP contribution in [0.3, 0.4) is 0 Å². The molecule has 0 aliphatic carbocycles. The van der Waals surface area contributed by atoms with Gasteiger partial charge < -0.3 is 9.84 Å². The second kappa shape index (κ2) is 8.60. The number of aliphatic hydroxyl groups excluding tert-OH is 1. The Morgan fingerprint density at radius 1 is 1.20 bits per heavy atom. The molecule has 1 aromatic carbocycles. The highest BCUT2D eigenvalue weighted by molar-refractivity contribution is 5.37. The molecule has 0 aromatic heterocycles. The molecule has 2 fully saturated rings. The summed E-state index contributed by atoms with van der Waals surface area (Å²) in [7, 11) is 0. The Bertz CT molecular complexity index is 583. The van der Waals surface area contributed by atoms with Crippen molar-refractivity contribution < 1.29 is 14.8 Å². The average molecular weight is 349 g/mol. The third-order valence-corrected chi connectivity index (χ3v) is 5.33. The van der Waals surface area contributed by atoms with Gasteiger partial charge in [-0.25, -0.2) is 0 Å². The van der Waals surface area contributed by atoms with Crippen LogP contribution in [0.5, 0.6) is 5.75 Å². The highest BCUT2D eigenvalue weighted by atomic mass is 16.6. The van der Waals surface area contributed by atoms with Crippen molar-refractivity contribution in [1.82, 2.24) is 9.80 Å². The fourth-order valence-corrected chi connectivity index (χ4v) is 3.98. The zero-order valence-electron chi connectivity index (χ0n) is 14.5. The molecule has 2 aliphatic rings. The molecule has 0 amide bonds. The van der Waals surface area contributed by atoms with E-state index in [-0.39, 0.29) is 12.3 Å². The van der Waals surface area contributed by atoms with Crippen molar-refractivity contribution in [3.63, 3.8) is 0 Å². The molecule has 138 valence electrons. The minimum atomic E-state index is -0.406. The number of nitro groups is 1. The van der Waals surface area contributed by atoms with Gasteiger partial charge in [-0.05, 0) is 44.8 Å². The van der Waals surface area contributed by atoms with Crippen molar-refractivity contribution >= 4 is 5.69 Å². The van der Waals surface area contributed by atoms with E-state index < -0.39 is 4.92 Å². The number of hydrogen-bond donors (Lipinski definition) is 1. The number of likely N-dealkylation sites (tertiary alicyclic amines) is 2. The lowest BCUT2D eigenvalue weighted by Gasteiger charge is -2.31. The van der Waals surface area contributed by atoms with Crippen molar-refractivity contribution in [2.24, 2.45) is 0 Å². The van der Waals surface area contributed by atoms with Crippen molar-refractivity contribution in [3.8, 4) is 5.75 Å². The molecule has 2 saturated heterocycles. The largest absolute Gasteiger partial charge is 0.492 e. The van der Waals surface area contributed by atoms with Gasteiger partial charge in [-0.3, -0.25) is 19.9 Å². The molecule has 0 spiro atoms. The van der Waals surface area contributed by atoms with Crippen molar-refractivity contribution in [3.05, 3.63) is 34.4 Å². The highest BCUT2D eigenvalue weighted by Crippen LogP contribution is 2.23. The molecule has 7 heteroatoms. The van der Waals surface area contributed by atoms with E-state index in [1.165, 1.54) is 31.4 Å². The Labute approximate surface area is 148 Å². The second-order valence-corrected chi connectivity index (χ2v) is 6.91. The molecule has 3 rings (SSSR count). The number of non-ortho nitro benzene ring substituents is 1. The third-order valence-electron chi connectivity index (χ3n) is 5.33. The van der Waals surface area contributed by atoms with E-state index in [1.54, 1.807) is 12.1 Å².